The van der Waals surface area contributed by atoms with Gasteiger partial charge in [0.2, 0.25) is 18.2 Å². The molecule has 15 heteroatoms. The first-order valence-corrected chi connectivity index (χ1v) is 17.5. The molecule has 0 bridgehead atoms. The minimum absolute atomic E-state index is 0.0942. The molecule has 0 spiro atoms. The van der Waals surface area contributed by atoms with Gasteiger partial charge < -0.3 is 34.8 Å². The van der Waals surface area contributed by atoms with Crippen LogP contribution in [0.5, 0.6) is 5.75 Å². The quantitative estimate of drug-likeness (QED) is 0.302. The molecule has 272 valence electrons. The van der Waals surface area contributed by atoms with Gasteiger partial charge in [0.15, 0.2) is 6.61 Å². The highest BCUT2D eigenvalue weighted by Gasteiger charge is 2.36. The third-order valence-corrected chi connectivity index (χ3v) is 9.43. The third kappa shape index (κ3) is 9.16. The van der Waals surface area contributed by atoms with E-state index in [1.807, 2.05) is 19.9 Å². The smallest absolute Gasteiger partial charge is 0.409 e. The Labute approximate surface area is 290 Å². The molecule has 3 fully saturated rings. The normalized spacial score (nSPS) is 18.5. The molecule has 1 aromatic carbocycles. The summed E-state index contributed by atoms with van der Waals surface area (Å²) in [7, 11) is 0. The fourth-order valence-electron chi connectivity index (χ4n) is 6.31. The number of halogens is 2. The van der Waals surface area contributed by atoms with Crippen LogP contribution >= 0.6 is 0 Å². The van der Waals surface area contributed by atoms with Crippen LogP contribution in [0.15, 0.2) is 24.3 Å². The second kappa shape index (κ2) is 16.9. The molecule has 1 aliphatic carbocycles. The van der Waals surface area contributed by atoms with E-state index < -0.39 is 49.4 Å². The molecule has 2 atom stereocenters. The van der Waals surface area contributed by atoms with E-state index in [-0.39, 0.29) is 55.5 Å². The lowest BCUT2D eigenvalue weighted by molar-refractivity contribution is -0.140. The van der Waals surface area contributed by atoms with Crippen molar-refractivity contribution in [3.05, 3.63) is 35.5 Å². The number of amides is 5. The minimum atomic E-state index is -2.89. The summed E-state index contributed by atoms with van der Waals surface area (Å²) in [5, 5.41) is 5.97. The first-order chi connectivity index (χ1) is 24.0. The van der Waals surface area contributed by atoms with E-state index >= 15 is 0 Å². The highest BCUT2D eigenvalue weighted by Crippen LogP contribution is 2.28. The maximum Gasteiger partial charge on any atom is 0.409 e. The molecule has 3 heterocycles. The molecule has 13 nitrogen and oxygen atoms in total. The van der Waals surface area contributed by atoms with Crippen LogP contribution in [0.25, 0.3) is 10.9 Å². The van der Waals surface area contributed by atoms with Crippen molar-refractivity contribution in [2.24, 2.45) is 0 Å². The van der Waals surface area contributed by atoms with Gasteiger partial charge >= 0.3 is 6.09 Å². The summed E-state index contributed by atoms with van der Waals surface area (Å²) >= 11 is 0. The van der Waals surface area contributed by atoms with Gasteiger partial charge in [-0.05, 0) is 63.1 Å². The van der Waals surface area contributed by atoms with Crippen molar-refractivity contribution in [1.82, 2.24) is 30.3 Å². The van der Waals surface area contributed by atoms with Gasteiger partial charge in [0.1, 0.15) is 23.5 Å². The van der Waals surface area contributed by atoms with Crippen LogP contribution in [-0.4, -0.2) is 120 Å². The first-order valence-electron chi connectivity index (χ1n) is 17.5. The molecule has 3 aliphatic rings. The molecule has 0 unspecified atom stereocenters. The number of likely N-dealkylation sites (tertiary alicyclic amines) is 1. The number of fused-ring (bicyclic) bond motifs is 1. The number of unbranched alkanes of at least 4 members (excludes halogenated alkanes) is 1. The number of pyridine rings is 1. The van der Waals surface area contributed by atoms with Crippen molar-refractivity contribution in [3.63, 3.8) is 0 Å². The highest BCUT2D eigenvalue weighted by molar-refractivity contribution is 5.99. The second-order valence-electron chi connectivity index (χ2n) is 13.1. The standard InChI is InChI=1S/C35H46F2N6O7/c1-3-4-17-49-35(48)42-15-13-41(14-16-42)34(47)27(20-30(36)37)40-32(45)26-19-29(24-11-10-22(2)18-25(24)39-26)50-21-31(44)43-12-6-9-28(43)33(46)38-23-7-5-8-23/h10-11,18-19,23,27-28,30H,3-9,12-17,20-21H2,1-2H3,(H,38,46)(H,40,45)/t27-,28-/m0/s1. The number of aryl methyl sites for hydroxylation is 1. The van der Waals surface area contributed by atoms with Gasteiger partial charge in [0, 0.05) is 56.6 Å². The number of rotatable bonds is 13. The van der Waals surface area contributed by atoms with Crippen LogP contribution in [-0.2, 0) is 19.1 Å². The summed E-state index contributed by atoms with van der Waals surface area (Å²) in [4.78, 5) is 74.1. The Morgan fingerprint density at radius 1 is 0.980 bits per heavy atom. The van der Waals surface area contributed by atoms with Crippen molar-refractivity contribution >= 4 is 40.6 Å². The zero-order valence-corrected chi connectivity index (χ0v) is 28.6. The van der Waals surface area contributed by atoms with Gasteiger partial charge in [0.25, 0.3) is 11.8 Å². The van der Waals surface area contributed by atoms with Gasteiger partial charge in [0.05, 0.1) is 12.1 Å². The Kier molecular flexibility index (Phi) is 12.4. The van der Waals surface area contributed by atoms with E-state index in [0.717, 1.165) is 37.7 Å². The first kappa shape index (κ1) is 36.7. The Bertz CT molecular complexity index is 1560. The number of nitrogens with zero attached hydrogens (tertiary/aromatic N) is 4. The van der Waals surface area contributed by atoms with Gasteiger partial charge in [-0.25, -0.2) is 18.6 Å². The lowest BCUT2D eigenvalue weighted by Crippen LogP contribution is -2.56. The number of ether oxygens (including phenoxy) is 2. The summed E-state index contributed by atoms with van der Waals surface area (Å²) in [5.41, 5.74) is 1.02. The Balaban J connectivity index is 1.26. The van der Waals surface area contributed by atoms with Crippen LogP contribution in [0.2, 0.25) is 0 Å². The fourth-order valence-corrected chi connectivity index (χ4v) is 6.31. The summed E-state index contributed by atoms with van der Waals surface area (Å²) < 4.78 is 38.5. The largest absolute Gasteiger partial charge is 0.483 e. The molecular formula is C35H46F2N6O7. The Hall–Kier alpha value is -4.56. The van der Waals surface area contributed by atoms with E-state index in [0.29, 0.717) is 36.9 Å². The molecule has 5 amide bonds. The number of benzene rings is 1. The lowest BCUT2D eigenvalue weighted by atomic mass is 9.93. The average molecular weight is 701 g/mol. The van der Waals surface area contributed by atoms with E-state index in [4.69, 9.17) is 9.47 Å². The van der Waals surface area contributed by atoms with Crippen LogP contribution < -0.4 is 15.4 Å². The molecular weight excluding hydrogens is 654 g/mol. The number of hydrogen-bond donors (Lipinski definition) is 2. The number of alkyl halides is 2. The Morgan fingerprint density at radius 3 is 2.40 bits per heavy atom. The van der Waals surface area contributed by atoms with Crippen LogP contribution in [0.1, 0.15) is 74.3 Å². The predicted molar refractivity (Wildman–Crippen MR) is 179 cm³/mol. The van der Waals surface area contributed by atoms with Crippen molar-refractivity contribution in [1.29, 1.82) is 0 Å². The summed E-state index contributed by atoms with van der Waals surface area (Å²) in [6.45, 7) is 4.65. The number of piperazine rings is 1. The maximum absolute atomic E-state index is 13.7. The number of carbonyl (C=O) groups is 5. The van der Waals surface area contributed by atoms with E-state index in [2.05, 4.69) is 15.6 Å². The number of nitrogens with one attached hydrogen (secondary N) is 2. The minimum Gasteiger partial charge on any atom is -0.483 e. The third-order valence-electron chi connectivity index (χ3n) is 9.43. The monoisotopic (exact) mass is 700 g/mol. The van der Waals surface area contributed by atoms with Crippen LogP contribution in [0.3, 0.4) is 0 Å². The van der Waals surface area contributed by atoms with Crippen molar-refractivity contribution in [3.8, 4) is 5.75 Å². The lowest BCUT2D eigenvalue weighted by Gasteiger charge is -2.36. The van der Waals surface area contributed by atoms with Crippen molar-refractivity contribution in [2.45, 2.75) is 89.8 Å². The highest BCUT2D eigenvalue weighted by atomic mass is 19.3. The van der Waals surface area contributed by atoms with E-state index in [9.17, 15) is 32.8 Å². The summed E-state index contributed by atoms with van der Waals surface area (Å²) in [6.07, 6.45) is 1.51. The van der Waals surface area contributed by atoms with Crippen molar-refractivity contribution < 1.29 is 42.2 Å². The molecule has 50 heavy (non-hydrogen) atoms. The average Bonchev–Trinajstić information content (AvgIpc) is 3.58. The number of aromatic nitrogens is 1. The topological polar surface area (TPSA) is 150 Å². The molecule has 2 aromatic rings. The zero-order valence-electron chi connectivity index (χ0n) is 28.6. The van der Waals surface area contributed by atoms with Crippen LogP contribution in [0.4, 0.5) is 13.6 Å². The zero-order chi connectivity index (χ0) is 35.8. The summed E-state index contributed by atoms with van der Waals surface area (Å²) in [6, 6.07) is 4.63. The van der Waals surface area contributed by atoms with Crippen molar-refractivity contribution in [2.75, 3.05) is 45.9 Å². The molecule has 2 saturated heterocycles. The SMILES string of the molecule is CCCCOC(=O)N1CCN(C(=O)[C@H](CC(F)F)NC(=O)c2cc(OCC(=O)N3CCC[C@H]3C(=O)NC3CCC3)c3ccc(C)cc3n2)CC1. The van der Waals surface area contributed by atoms with E-state index in [1.54, 1.807) is 12.1 Å². The Morgan fingerprint density at radius 2 is 1.72 bits per heavy atom. The molecule has 1 saturated carbocycles. The van der Waals surface area contributed by atoms with Gasteiger partial charge in [-0.2, -0.15) is 0 Å². The molecule has 2 aliphatic heterocycles. The van der Waals surface area contributed by atoms with Gasteiger partial charge in [-0.1, -0.05) is 19.4 Å². The molecule has 1 aromatic heterocycles. The molecule has 5 rings (SSSR count). The maximum atomic E-state index is 13.7. The number of carbonyl (C=O) groups excluding carboxylic acids is 5. The molecule has 0 radical (unpaired) electrons. The van der Waals surface area contributed by atoms with E-state index in [1.165, 1.54) is 20.8 Å². The van der Waals surface area contributed by atoms with Gasteiger partial charge in [-0.3, -0.25) is 19.2 Å². The summed E-state index contributed by atoms with van der Waals surface area (Å²) in [5.74, 6) is -1.94. The second-order valence-corrected chi connectivity index (χ2v) is 13.1. The molecule has 2 N–H and O–H groups in total. The van der Waals surface area contributed by atoms with Crippen LogP contribution in [0, 0.1) is 6.92 Å². The number of hydrogen-bond acceptors (Lipinski definition) is 8. The fraction of sp³-hybridized carbons (Fsp3) is 0.600. The van der Waals surface area contributed by atoms with Gasteiger partial charge in [-0.15, -0.1) is 0 Å². The predicted octanol–water partition coefficient (Wildman–Crippen LogP) is 3.42.